The largest absolute Gasteiger partial charge is 0.511 e. The molecule has 164 valence electrons. The van der Waals surface area contributed by atoms with E-state index < -0.39 is 52.0 Å². The van der Waals surface area contributed by atoms with Gasteiger partial charge in [-0.3, -0.25) is 14.4 Å². The number of rotatable bonds is 4. The number of benzene rings is 1. The van der Waals surface area contributed by atoms with Crippen LogP contribution in [0, 0.1) is 11.8 Å². The molecule has 0 saturated heterocycles. The molecule has 0 aliphatic heterocycles. The molecule has 5 N–H and O–H groups in total. The summed E-state index contributed by atoms with van der Waals surface area (Å²) in [5.74, 6) is -5.26. The molecule has 0 fully saturated rings. The topological polar surface area (TPSA) is 141 Å². The minimum atomic E-state index is -2.46. The molecule has 1 aromatic rings. The lowest BCUT2D eigenvalue weighted by Gasteiger charge is -2.45. The molecule has 2 unspecified atom stereocenters. The van der Waals surface area contributed by atoms with Crippen molar-refractivity contribution in [3.63, 3.8) is 0 Å². The zero-order valence-electron chi connectivity index (χ0n) is 17.5. The van der Waals surface area contributed by atoms with Gasteiger partial charge in [-0.05, 0) is 44.2 Å². The van der Waals surface area contributed by atoms with Gasteiger partial charge in [-0.25, -0.2) is 0 Å². The summed E-state index contributed by atoms with van der Waals surface area (Å²) in [4.78, 5) is 40.3. The van der Waals surface area contributed by atoms with Crippen LogP contribution in [0.15, 0.2) is 40.9 Å². The molecule has 8 nitrogen and oxygen atoms in total. The lowest BCUT2D eigenvalue weighted by atomic mass is 9.60. The minimum absolute atomic E-state index is 0.00409. The fraction of sp³-hybridized carbons (Fsp3) is 0.435. The van der Waals surface area contributed by atoms with E-state index in [1.165, 1.54) is 0 Å². The zero-order valence-corrected chi connectivity index (χ0v) is 17.5. The van der Waals surface area contributed by atoms with E-state index in [1.807, 2.05) is 36.9 Å². The number of anilines is 1. The lowest BCUT2D eigenvalue weighted by Crippen LogP contribution is -2.57. The maximum absolute atomic E-state index is 13.6. The number of allylic oxidation sites excluding steroid dienone is 2. The average molecular weight is 426 g/mol. The van der Waals surface area contributed by atoms with Crippen LogP contribution in [-0.2, 0) is 16.0 Å². The van der Waals surface area contributed by atoms with Crippen LogP contribution >= 0.6 is 0 Å². The molecule has 31 heavy (non-hydrogen) atoms. The summed E-state index contributed by atoms with van der Waals surface area (Å²) in [7, 11) is 0. The van der Waals surface area contributed by atoms with Crippen LogP contribution in [0.2, 0.25) is 0 Å². The Bertz CT molecular complexity index is 1070. The second-order valence-electron chi connectivity index (χ2n) is 8.39. The number of ketones is 2. The predicted molar refractivity (Wildman–Crippen MR) is 113 cm³/mol. The van der Waals surface area contributed by atoms with Crippen molar-refractivity contribution in [2.75, 3.05) is 18.0 Å². The fourth-order valence-corrected chi connectivity index (χ4v) is 5.38. The Morgan fingerprint density at radius 1 is 1.19 bits per heavy atom. The van der Waals surface area contributed by atoms with Gasteiger partial charge in [0.05, 0.1) is 0 Å². The Labute approximate surface area is 179 Å². The molecule has 3 atom stereocenters. The number of fused-ring (bicyclic) bond motifs is 3. The third-order valence-electron chi connectivity index (χ3n) is 6.90. The van der Waals surface area contributed by atoms with E-state index >= 15 is 0 Å². The molecule has 0 spiro atoms. The number of carbonyl (C=O) groups excluding carboxylic acids is 3. The molecule has 4 rings (SSSR count). The maximum Gasteiger partial charge on any atom is 0.255 e. The van der Waals surface area contributed by atoms with Crippen LogP contribution in [0.25, 0.3) is 0 Å². The second-order valence-corrected chi connectivity index (χ2v) is 8.39. The van der Waals surface area contributed by atoms with E-state index in [0.29, 0.717) is 25.1 Å². The molecular weight excluding hydrogens is 400 g/mol. The van der Waals surface area contributed by atoms with Gasteiger partial charge in [-0.15, -0.1) is 0 Å². The number of primary amides is 1. The number of aliphatic hydroxyl groups is 3. The van der Waals surface area contributed by atoms with Crippen molar-refractivity contribution in [2.24, 2.45) is 17.6 Å². The van der Waals surface area contributed by atoms with Gasteiger partial charge < -0.3 is 26.0 Å². The average Bonchev–Trinajstić information content (AvgIpc) is 2.71. The first-order valence-corrected chi connectivity index (χ1v) is 10.5. The Morgan fingerprint density at radius 3 is 2.48 bits per heavy atom. The molecule has 8 heteroatoms. The smallest absolute Gasteiger partial charge is 0.255 e. The van der Waals surface area contributed by atoms with Gasteiger partial charge in [0.15, 0.2) is 11.4 Å². The number of aliphatic hydroxyl groups excluding tert-OH is 2. The van der Waals surface area contributed by atoms with E-state index in [0.717, 1.165) is 11.3 Å². The molecule has 3 aliphatic rings. The minimum Gasteiger partial charge on any atom is -0.511 e. The highest BCUT2D eigenvalue weighted by Crippen LogP contribution is 2.51. The first kappa shape index (κ1) is 21.1. The van der Waals surface area contributed by atoms with Crippen LogP contribution in [0.1, 0.15) is 42.6 Å². The Kier molecular flexibility index (Phi) is 4.93. The normalized spacial score (nSPS) is 27.6. The summed E-state index contributed by atoms with van der Waals surface area (Å²) in [6.07, 6.45) is 0.483. The van der Waals surface area contributed by atoms with E-state index in [9.17, 15) is 29.7 Å². The number of Topliss-reactive ketones (excluding diaryl/α,β-unsaturated/α-hetero) is 2. The predicted octanol–water partition coefficient (Wildman–Crippen LogP) is 1.72. The maximum atomic E-state index is 13.6. The molecule has 0 saturated carbocycles. The fourth-order valence-electron chi connectivity index (χ4n) is 5.38. The van der Waals surface area contributed by atoms with E-state index in [4.69, 9.17) is 5.73 Å². The van der Waals surface area contributed by atoms with E-state index in [2.05, 4.69) is 0 Å². The van der Waals surface area contributed by atoms with Crippen LogP contribution in [-0.4, -0.2) is 51.5 Å². The molecule has 0 aromatic heterocycles. The summed E-state index contributed by atoms with van der Waals surface area (Å²) >= 11 is 0. The van der Waals surface area contributed by atoms with Crippen LogP contribution in [0.5, 0.6) is 0 Å². The van der Waals surface area contributed by atoms with Crippen molar-refractivity contribution in [2.45, 2.75) is 38.7 Å². The summed E-state index contributed by atoms with van der Waals surface area (Å²) in [5.41, 5.74) is 4.09. The Hall–Kier alpha value is -3.13. The lowest BCUT2D eigenvalue weighted by molar-refractivity contribution is -0.144. The number of nitrogens with zero attached hydrogens (tertiary/aromatic N) is 1. The van der Waals surface area contributed by atoms with Gasteiger partial charge in [0.2, 0.25) is 5.78 Å². The van der Waals surface area contributed by atoms with Gasteiger partial charge in [0.1, 0.15) is 17.1 Å². The third kappa shape index (κ3) is 2.81. The van der Waals surface area contributed by atoms with Gasteiger partial charge in [-0.2, -0.15) is 0 Å². The summed E-state index contributed by atoms with van der Waals surface area (Å²) < 4.78 is 0. The van der Waals surface area contributed by atoms with Crippen LogP contribution in [0.3, 0.4) is 0 Å². The first-order chi connectivity index (χ1) is 14.7. The number of hydrogen-bond donors (Lipinski definition) is 4. The van der Waals surface area contributed by atoms with Crippen molar-refractivity contribution in [1.82, 2.24) is 0 Å². The molecule has 0 bridgehead atoms. The highest BCUT2D eigenvalue weighted by molar-refractivity contribution is 6.24. The number of amides is 1. The van der Waals surface area contributed by atoms with Crippen molar-refractivity contribution in [3.8, 4) is 0 Å². The van der Waals surface area contributed by atoms with Gasteiger partial charge >= 0.3 is 0 Å². The SMILES string of the molecule is CCN(CC)c1cccc2c1C(=O)C1=C(O)[C@]3(O)C(=O)C(C(N)=O)=C(O)CC3CC1C2. The first-order valence-electron chi connectivity index (χ1n) is 10.5. The third-order valence-corrected chi connectivity index (χ3v) is 6.90. The molecule has 3 aliphatic carbocycles. The van der Waals surface area contributed by atoms with Crippen molar-refractivity contribution < 1.29 is 29.7 Å². The molecule has 1 aromatic carbocycles. The van der Waals surface area contributed by atoms with Gasteiger partial charge in [0, 0.05) is 42.3 Å². The standard InChI is InChI=1S/C23H26N2O6/c1-3-25(4-2)14-7-5-6-11-8-12-9-13-10-15(26)18(22(24)30)21(29)23(13,31)20(28)17(12)19(27)16(11)14/h5-7,12-13,26,28,31H,3-4,8-10H2,1-2H3,(H2,24,30)/t12?,13?,23-/m0/s1. The molecule has 0 radical (unpaired) electrons. The van der Waals surface area contributed by atoms with Crippen molar-refractivity contribution >= 4 is 23.2 Å². The molecule has 0 heterocycles. The monoisotopic (exact) mass is 426 g/mol. The van der Waals surface area contributed by atoms with Gasteiger partial charge in [0.25, 0.3) is 5.91 Å². The van der Waals surface area contributed by atoms with Crippen molar-refractivity contribution in [1.29, 1.82) is 0 Å². The second kappa shape index (κ2) is 7.23. The molecular formula is C23H26N2O6. The highest BCUT2D eigenvalue weighted by Gasteiger charge is 2.59. The quantitative estimate of drug-likeness (QED) is 0.537. The summed E-state index contributed by atoms with van der Waals surface area (Å²) in [5, 5.41) is 32.5. The van der Waals surface area contributed by atoms with E-state index in [1.54, 1.807) is 0 Å². The number of nitrogens with two attached hydrogens (primary N) is 1. The van der Waals surface area contributed by atoms with Crippen molar-refractivity contribution in [3.05, 3.63) is 52.0 Å². The number of carbonyl (C=O) groups is 3. The Balaban J connectivity index is 1.89. The highest BCUT2D eigenvalue weighted by atomic mass is 16.3. The van der Waals surface area contributed by atoms with Crippen LogP contribution < -0.4 is 10.6 Å². The Morgan fingerprint density at radius 2 is 1.87 bits per heavy atom. The summed E-state index contributed by atoms with van der Waals surface area (Å²) in [6.45, 7) is 5.33. The van der Waals surface area contributed by atoms with E-state index in [-0.39, 0.29) is 18.4 Å². The number of hydrogen-bond acceptors (Lipinski definition) is 7. The summed E-state index contributed by atoms with van der Waals surface area (Å²) in [6, 6.07) is 5.62. The molecule has 1 amide bonds. The zero-order chi connectivity index (χ0) is 22.7. The van der Waals surface area contributed by atoms with Crippen LogP contribution in [0.4, 0.5) is 5.69 Å². The van der Waals surface area contributed by atoms with Gasteiger partial charge in [-0.1, -0.05) is 12.1 Å².